The summed E-state index contributed by atoms with van der Waals surface area (Å²) >= 11 is 0. The number of nitrogens with zero attached hydrogens (tertiary/aromatic N) is 3. The second kappa shape index (κ2) is 8.83. The average molecular weight is 381 g/mol. The van der Waals surface area contributed by atoms with Crippen LogP contribution in [-0.2, 0) is 14.9 Å². The highest BCUT2D eigenvalue weighted by Gasteiger charge is 2.24. The molecule has 2 heterocycles. The summed E-state index contributed by atoms with van der Waals surface area (Å²) in [6.07, 6.45) is 2.22. The smallest absolute Gasteiger partial charge is 0.310 e. The largest absolute Gasteiger partial charge is 0.382 e. The quantitative estimate of drug-likeness (QED) is 0.646. The van der Waals surface area contributed by atoms with E-state index in [9.17, 15) is 13.2 Å². The molecular formula is C18H27N3O4S. The van der Waals surface area contributed by atoms with Crippen molar-refractivity contribution in [2.24, 2.45) is 0 Å². The molecule has 0 aliphatic carbocycles. The van der Waals surface area contributed by atoms with Crippen LogP contribution in [0.15, 0.2) is 30.3 Å². The minimum absolute atomic E-state index is 0.0331. The summed E-state index contributed by atoms with van der Waals surface area (Å²) in [5.74, 6) is 0.529. The fraction of sp³-hybridized carbons (Fsp3) is 0.611. The molecule has 2 fully saturated rings. The fourth-order valence-electron chi connectivity index (χ4n) is 3.33. The van der Waals surface area contributed by atoms with Crippen LogP contribution >= 0.6 is 0 Å². The van der Waals surface area contributed by atoms with Gasteiger partial charge in [-0.3, -0.25) is 14.6 Å². The van der Waals surface area contributed by atoms with Crippen molar-refractivity contribution in [2.45, 2.75) is 12.8 Å². The normalized spacial score (nSPS) is 19.6. The van der Waals surface area contributed by atoms with Crippen molar-refractivity contribution in [1.82, 2.24) is 14.7 Å². The molecule has 8 heteroatoms. The number of piperazine rings is 1. The summed E-state index contributed by atoms with van der Waals surface area (Å²) in [6.45, 7) is 5.82. The van der Waals surface area contributed by atoms with Crippen molar-refractivity contribution < 1.29 is 17.4 Å². The van der Waals surface area contributed by atoms with Gasteiger partial charge in [0.1, 0.15) is 5.75 Å². The minimum Gasteiger partial charge on any atom is -0.382 e. The van der Waals surface area contributed by atoms with Crippen molar-refractivity contribution in [3.05, 3.63) is 30.3 Å². The third-order valence-corrected chi connectivity index (χ3v) is 6.04. The van der Waals surface area contributed by atoms with Gasteiger partial charge in [0, 0.05) is 45.8 Å². The molecule has 1 amide bonds. The van der Waals surface area contributed by atoms with Crippen LogP contribution in [0.2, 0.25) is 0 Å². The molecule has 2 saturated heterocycles. The third kappa shape index (κ3) is 5.69. The lowest BCUT2D eigenvalue weighted by atomic mass is 10.3. The molecule has 0 atom stereocenters. The molecule has 0 bridgehead atoms. The summed E-state index contributed by atoms with van der Waals surface area (Å²) in [5.41, 5.74) is 0. The Labute approximate surface area is 155 Å². The fourth-order valence-corrected chi connectivity index (χ4v) is 4.30. The van der Waals surface area contributed by atoms with Crippen molar-refractivity contribution in [3.8, 4) is 5.75 Å². The molecule has 2 aliphatic rings. The highest BCUT2D eigenvalue weighted by atomic mass is 32.2. The number of amides is 1. The van der Waals surface area contributed by atoms with Crippen LogP contribution in [0.4, 0.5) is 0 Å². The molecule has 2 aliphatic heterocycles. The zero-order valence-corrected chi connectivity index (χ0v) is 15.9. The maximum absolute atomic E-state index is 12.2. The van der Waals surface area contributed by atoms with Crippen LogP contribution < -0.4 is 4.18 Å². The molecule has 26 heavy (non-hydrogen) atoms. The Kier molecular flexibility index (Phi) is 6.50. The van der Waals surface area contributed by atoms with Crippen LogP contribution in [0.25, 0.3) is 0 Å². The lowest BCUT2D eigenvalue weighted by molar-refractivity contribution is -0.131. The van der Waals surface area contributed by atoms with E-state index in [-0.39, 0.29) is 11.7 Å². The van der Waals surface area contributed by atoms with Crippen molar-refractivity contribution >= 4 is 16.0 Å². The van der Waals surface area contributed by atoms with Gasteiger partial charge >= 0.3 is 10.1 Å². The third-order valence-electron chi connectivity index (χ3n) is 4.91. The molecule has 0 N–H and O–H groups in total. The SMILES string of the molecule is O=C(CN1CCN(CCS(=O)(=O)Oc2ccccc2)CC1)N1CCCC1. The maximum atomic E-state index is 12.2. The number of rotatable bonds is 7. The Balaban J connectivity index is 1.37. The molecule has 7 nitrogen and oxygen atoms in total. The summed E-state index contributed by atoms with van der Waals surface area (Å²) in [6, 6.07) is 8.57. The first-order chi connectivity index (χ1) is 12.5. The van der Waals surface area contributed by atoms with Crippen molar-refractivity contribution in [2.75, 3.05) is 58.1 Å². The van der Waals surface area contributed by atoms with E-state index in [1.165, 1.54) is 0 Å². The molecule has 0 unspecified atom stereocenters. The molecule has 0 aromatic heterocycles. The van der Waals surface area contributed by atoms with Crippen LogP contribution in [0.3, 0.4) is 0 Å². The summed E-state index contributed by atoms with van der Waals surface area (Å²) < 4.78 is 29.3. The van der Waals surface area contributed by atoms with E-state index in [1.807, 2.05) is 11.0 Å². The standard InChI is InChI=1S/C18H27N3O4S/c22-18(21-8-4-5-9-21)16-20-12-10-19(11-13-20)14-15-26(23,24)25-17-6-2-1-3-7-17/h1-3,6-7H,4-5,8-16H2. The summed E-state index contributed by atoms with van der Waals surface area (Å²) in [4.78, 5) is 18.4. The first-order valence-electron chi connectivity index (χ1n) is 9.21. The van der Waals surface area contributed by atoms with Crippen molar-refractivity contribution in [1.29, 1.82) is 0 Å². The molecule has 1 aromatic carbocycles. The van der Waals surface area contributed by atoms with E-state index in [0.717, 1.165) is 52.1 Å². The van der Waals surface area contributed by atoms with E-state index in [1.54, 1.807) is 24.3 Å². The Bertz CT molecular complexity index is 682. The summed E-state index contributed by atoms with van der Waals surface area (Å²) in [7, 11) is -3.59. The number of hydrogen-bond donors (Lipinski definition) is 0. The number of para-hydroxylation sites is 1. The summed E-state index contributed by atoms with van der Waals surface area (Å²) in [5, 5.41) is 0. The molecule has 0 spiro atoms. The van der Waals surface area contributed by atoms with Gasteiger partial charge in [-0.1, -0.05) is 18.2 Å². The average Bonchev–Trinajstić information content (AvgIpc) is 3.16. The van der Waals surface area contributed by atoms with Gasteiger partial charge in [0.2, 0.25) is 5.91 Å². The van der Waals surface area contributed by atoms with E-state index in [4.69, 9.17) is 4.18 Å². The minimum atomic E-state index is -3.59. The van der Waals surface area contributed by atoms with Gasteiger partial charge in [0.15, 0.2) is 0 Å². The first-order valence-corrected chi connectivity index (χ1v) is 10.8. The zero-order chi connectivity index (χ0) is 18.4. The number of hydrogen-bond acceptors (Lipinski definition) is 6. The van der Waals surface area contributed by atoms with Crippen LogP contribution in [0.5, 0.6) is 5.75 Å². The van der Waals surface area contributed by atoms with Crippen LogP contribution in [0.1, 0.15) is 12.8 Å². The van der Waals surface area contributed by atoms with E-state index < -0.39 is 10.1 Å². The monoisotopic (exact) mass is 381 g/mol. The maximum Gasteiger partial charge on any atom is 0.310 e. The lowest BCUT2D eigenvalue weighted by Gasteiger charge is -2.34. The van der Waals surface area contributed by atoms with Gasteiger partial charge in [0.25, 0.3) is 0 Å². The van der Waals surface area contributed by atoms with Crippen LogP contribution in [-0.4, -0.2) is 87.1 Å². The second-order valence-corrected chi connectivity index (χ2v) is 8.55. The highest BCUT2D eigenvalue weighted by molar-refractivity contribution is 7.87. The number of likely N-dealkylation sites (tertiary alicyclic amines) is 1. The van der Waals surface area contributed by atoms with Gasteiger partial charge in [-0.2, -0.15) is 8.42 Å². The first kappa shape index (κ1) is 19.1. The van der Waals surface area contributed by atoms with Gasteiger partial charge in [0.05, 0.1) is 12.3 Å². The van der Waals surface area contributed by atoms with Gasteiger partial charge in [-0.25, -0.2) is 0 Å². The van der Waals surface area contributed by atoms with Crippen LogP contribution in [0, 0.1) is 0 Å². The number of benzene rings is 1. The van der Waals surface area contributed by atoms with Crippen molar-refractivity contribution in [3.63, 3.8) is 0 Å². The molecular weight excluding hydrogens is 354 g/mol. The van der Waals surface area contributed by atoms with Gasteiger partial charge in [-0.15, -0.1) is 0 Å². The molecule has 0 saturated carbocycles. The Hall–Kier alpha value is -1.64. The Morgan fingerprint density at radius 1 is 0.923 bits per heavy atom. The Morgan fingerprint density at radius 3 is 2.19 bits per heavy atom. The highest BCUT2D eigenvalue weighted by Crippen LogP contribution is 2.13. The van der Waals surface area contributed by atoms with Gasteiger partial charge < -0.3 is 9.08 Å². The molecule has 144 valence electrons. The molecule has 1 aromatic rings. The zero-order valence-electron chi connectivity index (χ0n) is 15.0. The Morgan fingerprint density at radius 2 is 1.54 bits per heavy atom. The lowest BCUT2D eigenvalue weighted by Crippen LogP contribution is -2.50. The topological polar surface area (TPSA) is 70.2 Å². The van der Waals surface area contributed by atoms with E-state index >= 15 is 0 Å². The number of carbonyl (C=O) groups is 1. The predicted molar refractivity (Wildman–Crippen MR) is 99.6 cm³/mol. The second-order valence-electron chi connectivity index (χ2n) is 6.86. The molecule has 3 rings (SSSR count). The van der Waals surface area contributed by atoms with E-state index in [0.29, 0.717) is 18.8 Å². The van der Waals surface area contributed by atoms with Gasteiger partial charge in [-0.05, 0) is 25.0 Å². The molecule has 0 radical (unpaired) electrons. The van der Waals surface area contributed by atoms with E-state index in [2.05, 4.69) is 9.80 Å². The number of carbonyl (C=O) groups excluding carboxylic acids is 1. The predicted octanol–water partition coefficient (Wildman–Crippen LogP) is 0.635.